The summed E-state index contributed by atoms with van der Waals surface area (Å²) in [5, 5.41) is 1.16. The van der Waals surface area contributed by atoms with E-state index in [-0.39, 0.29) is 5.69 Å². The van der Waals surface area contributed by atoms with Crippen molar-refractivity contribution in [2.75, 3.05) is 4.90 Å². The van der Waals surface area contributed by atoms with E-state index in [2.05, 4.69) is 0 Å². The fourth-order valence-electron chi connectivity index (χ4n) is 5.89. The third-order valence-electron chi connectivity index (χ3n) is 7.99. The van der Waals surface area contributed by atoms with E-state index in [1.807, 2.05) is 36.4 Å². The third kappa shape index (κ3) is 4.83. The summed E-state index contributed by atoms with van der Waals surface area (Å²) in [7, 11) is 0. The van der Waals surface area contributed by atoms with Gasteiger partial charge in [-0.1, -0.05) is 145 Å². The van der Waals surface area contributed by atoms with E-state index in [9.17, 15) is 11.0 Å². The van der Waals surface area contributed by atoms with Crippen LogP contribution in [-0.2, 0) is 0 Å². The van der Waals surface area contributed by atoms with Gasteiger partial charge in [-0.15, -0.1) is 0 Å². The lowest BCUT2D eigenvalue weighted by atomic mass is 9.88. The Morgan fingerprint density at radius 2 is 0.979 bits per heavy atom. The number of benzene rings is 8. The Balaban J connectivity index is 1.45. The summed E-state index contributed by atoms with van der Waals surface area (Å²) in [5.41, 5.74) is -1.24. The molecule has 8 aromatic rings. The molecule has 0 radical (unpaired) electrons. The number of ether oxygens (including phenoxy) is 1. The van der Waals surface area contributed by atoms with Crippen LogP contribution in [-0.4, -0.2) is 0 Å². The minimum absolute atomic E-state index is 0.0254. The maximum absolute atomic E-state index is 9.59. The van der Waals surface area contributed by atoms with Gasteiger partial charge in [-0.05, 0) is 81.1 Å². The number of fused-ring (bicyclic) bond motifs is 2. The van der Waals surface area contributed by atoms with Gasteiger partial charge < -0.3 is 9.64 Å². The molecule has 0 fully saturated rings. The van der Waals surface area contributed by atoms with Crippen molar-refractivity contribution in [1.29, 1.82) is 0 Å². The molecule has 8 aromatic carbocycles. The first-order valence-electron chi connectivity index (χ1n) is 23.9. The minimum atomic E-state index is -0.856. The number of nitrogens with zero attached hydrogens (tertiary/aromatic N) is 1. The largest absolute Gasteiger partial charge is 0.456 e. The van der Waals surface area contributed by atoms with Crippen molar-refractivity contribution in [3.8, 4) is 56.0 Å². The van der Waals surface area contributed by atoms with Crippen LogP contribution in [0, 0.1) is 0 Å². The molecule has 0 saturated heterocycles. The van der Waals surface area contributed by atoms with Crippen molar-refractivity contribution in [3.05, 3.63) is 188 Å². The Hall–Kier alpha value is -6.38. The molecule has 0 atom stereocenters. The lowest BCUT2D eigenvalue weighted by molar-refractivity contribution is 0.487. The summed E-state index contributed by atoms with van der Waals surface area (Å²) in [6.07, 6.45) is 0. The van der Waals surface area contributed by atoms with Crippen LogP contribution in [0.5, 0.6) is 11.5 Å². The molecule has 1 aliphatic heterocycles. The monoisotopic (exact) mass is 631 g/mol. The number of hydrogen-bond donors (Lipinski definition) is 0. The van der Waals surface area contributed by atoms with Crippen molar-refractivity contribution in [2.45, 2.75) is 0 Å². The standard InChI is InChI=1S/C46H31NO/c1-4-12-32(13-5-1)34-20-24-37(25-21-34)47(38-26-22-35(23-27-38)33-14-6-2-7-15-33)42-30-28-40-39(36-16-8-3-9-17-36)29-31-44-46(40)45(42)41-18-10-11-19-43(41)48-44/h1-31H/i1D,2D,4D,5D,6D,7D,12D,13D,14D,15D,20D,21D,22D,23D,24D,25D,26D,27D. The number of anilines is 3. The predicted octanol–water partition coefficient (Wildman–Crippen LogP) is 13.1. The molecule has 226 valence electrons. The normalized spacial score (nSPS) is 16.8. The number of rotatable bonds is 6. The molecule has 0 bridgehead atoms. The Kier molecular flexibility index (Phi) is 3.68. The van der Waals surface area contributed by atoms with Gasteiger partial charge >= 0.3 is 0 Å². The van der Waals surface area contributed by atoms with Crippen molar-refractivity contribution in [2.24, 2.45) is 0 Å². The highest BCUT2D eigenvalue weighted by molar-refractivity contribution is 6.14. The zero-order valence-electron chi connectivity index (χ0n) is 42.9. The smallest absolute Gasteiger partial charge is 0.136 e. The van der Waals surface area contributed by atoms with Gasteiger partial charge in [0.05, 0.1) is 30.4 Å². The third-order valence-corrected chi connectivity index (χ3v) is 7.99. The number of hydrogen-bond acceptors (Lipinski definition) is 2. The van der Waals surface area contributed by atoms with Crippen molar-refractivity contribution in [3.63, 3.8) is 0 Å². The van der Waals surface area contributed by atoms with Crippen LogP contribution in [0.4, 0.5) is 17.1 Å². The SMILES string of the molecule is [2H]c1c([2H])c([2H])c(-c2c([2H])c([2H])c(N(c3ccc4c(-c5ccccc5)ccc5c4c3-c3ccccc3O5)c3c([2H])c([2H])c(-c4c([2H])c([2H])c([2H])c([2H])c4[2H])c([2H])c3[2H])c([2H])c2[2H])c([2H])c1[2H]. The Morgan fingerprint density at radius 1 is 0.417 bits per heavy atom. The van der Waals surface area contributed by atoms with E-state index in [0.717, 1.165) is 16.0 Å². The highest BCUT2D eigenvalue weighted by Crippen LogP contribution is 2.54. The summed E-state index contributed by atoms with van der Waals surface area (Å²) in [5.74, 6) is 0.728. The molecule has 0 unspecified atom stereocenters. The summed E-state index contributed by atoms with van der Waals surface area (Å²) in [4.78, 5) is 1.05. The van der Waals surface area contributed by atoms with Gasteiger partial charge in [0.1, 0.15) is 11.5 Å². The molecule has 9 rings (SSSR count). The maximum atomic E-state index is 9.59. The molecular formula is C46H31NO. The molecule has 2 nitrogen and oxygen atoms in total. The second-order valence-corrected chi connectivity index (χ2v) is 10.7. The fourth-order valence-corrected chi connectivity index (χ4v) is 5.89. The van der Waals surface area contributed by atoms with Crippen LogP contribution in [0.2, 0.25) is 0 Å². The molecule has 0 aromatic heterocycles. The fraction of sp³-hybridized carbons (Fsp3) is 0. The molecule has 2 heteroatoms. The lowest BCUT2D eigenvalue weighted by Gasteiger charge is -2.31. The lowest BCUT2D eigenvalue weighted by Crippen LogP contribution is -2.12. The summed E-state index contributed by atoms with van der Waals surface area (Å²) < 4.78 is 166. The van der Waals surface area contributed by atoms with Gasteiger partial charge in [-0.2, -0.15) is 0 Å². The summed E-state index contributed by atoms with van der Waals surface area (Å²) in [6, 6.07) is 8.68. The molecule has 1 heterocycles. The van der Waals surface area contributed by atoms with Gasteiger partial charge in [-0.25, -0.2) is 0 Å². The first kappa shape index (κ1) is 15.0. The Bertz CT molecular complexity index is 3200. The molecule has 48 heavy (non-hydrogen) atoms. The van der Waals surface area contributed by atoms with Crippen LogP contribution in [0.25, 0.3) is 55.3 Å². The summed E-state index contributed by atoms with van der Waals surface area (Å²) >= 11 is 0. The average molecular weight is 632 g/mol. The van der Waals surface area contributed by atoms with Crippen LogP contribution in [0.15, 0.2) is 188 Å². The average Bonchev–Trinajstić information content (AvgIpc) is 3.32. The van der Waals surface area contributed by atoms with Crippen molar-refractivity contribution >= 4 is 27.8 Å². The molecule has 0 saturated carbocycles. The highest BCUT2D eigenvalue weighted by Gasteiger charge is 2.27. The van der Waals surface area contributed by atoms with Crippen LogP contribution >= 0.6 is 0 Å². The van der Waals surface area contributed by atoms with Gasteiger partial charge in [0.2, 0.25) is 0 Å². The van der Waals surface area contributed by atoms with Gasteiger partial charge in [-0.3, -0.25) is 0 Å². The molecule has 0 spiro atoms. The highest BCUT2D eigenvalue weighted by atomic mass is 16.5. The van der Waals surface area contributed by atoms with Gasteiger partial charge in [0.15, 0.2) is 0 Å². The first-order valence-corrected chi connectivity index (χ1v) is 14.9. The second kappa shape index (κ2) is 11.8. The van der Waals surface area contributed by atoms with Crippen molar-refractivity contribution < 1.29 is 29.4 Å². The van der Waals surface area contributed by atoms with Crippen LogP contribution in [0.3, 0.4) is 0 Å². The van der Waals surface area contributed by atoms with Gasteiger partial charge in [0, 0.05) is 27.9 Å². The topological polar surface area (TPSA) is 12.5 Å². The second-order valence-electron chi connectivity index (χ2n) is 10.7. The Morgan fingerprint density at radius 3 is 1.60 bits per heavy atom. The van der Waals surface area contributed by atoms with Crippen LogP contribution < -0.4 is 9.64 Å². The molecule has 0 N–H and O–H groups in total. The molecule has 0 amide bonds. The van der Waals surface area contributed by atoms with E-state index in [4.69, 9.17) is 18.4 Å². The quantitative estimate of drug-likeness (QED) is 0.181. The van der Waals surface area contributed by atoms with E-state index in [1.54, 1.807) is 42.5 Å². The first-order chi connectivity index (χ1) is 31.3. The minimum Gasteiger partial charge on any atom is -0.456 e. The molecule has 1 aliphatic rings. The van der Waals surface area contributed by atoms with E-state index in [1.165, 1.54) is 0 Å². The summed E-state index contributed by atoms with van der Waals surface area (Å²) in [6.45, 7) is 0. The molecular weight excluding hydrogens is 583 g/mol. The van der Waals surface area contributed by atoms with E-state index < -0.39 is 142 Å². The molecule has 0 aliphatic carbocycles. The maximum Gasteiger partial charge on any atom is 0.136 e. The van der Waals surface area contributed by atoms with E-state index >= 15 is 0 Å². The zero-order chi connectivity index (χ0) is 47.5. The van der Waals surface area contributed by atoms with E-state index in [0.29, 0.717) is 33.4 Å². The predicted molar refractivity (Wildman–Crippen MR) is 200 cm³/mol. The van der Waals surface area contributed by atoms with Crippen molar-refractivity contribution in [1.82, 2.24) is 0 Å². The zero-order valence-corrected chi connectivity index (χ0v) is 24.9. The Labute approximate surface area is 306 Å². The van der Waals surface area contributed by atoms with Gasteiger partial charge in [0.25, 0.3) is 0 Å². The number of para-hydroxylation sites is 1. The van der Waals surface area contributed by atoms with Crippen LogP contribution in [0.1, 0.15) is 24.7 Å².